The van der Waals surface area contributed by atoms with E-state index in [4.69, 9.17) is 16.3 Å². The van der Waals surface area contributed by atoms with Gasteiger partial charge in [-0.05, 0) is 28.1 Å². The number of thiazole rings is 1. The lowest BCUT2D eigenvalue weighted by Gasteiger charge is -2.03. The van der Waals surface area contributed by atoms with Crippen molar-refractivity contribution in [3.05, 3.63) is 44.0 Å². The minimum Gasteiger partial charge on any atom is -0.457 e. The number of hydrogen-bond acceptors (Lipinski definition) is 6. The van der Waals surface area contributed by atoms with Crippen molar-refractivity contribution in [1.82, 2.24) is 9.97 Å². The number of Topliss-reactive ketones (excluding diaryl/α,β-unsaturated/α-hetero) is 1. The van der Waals surface area contributed by atoms with Crippen LogP contribution < -0.4 is 0 Å². The van der Waals surface area contributed by atoms with Crippen LogP contribution in [0.15, 0.2) is 28.2 Å². The average molecular weight is 376 g/mol. The van der Waals surface area contributed by atoms with E-state index in [1.54, 1.807) is 23.6 Å². The third-order valence-corrected chi connectivity index (χ3v) is 3.68. The molecule has 0 fully saturated rings. The standard InChI is InChI=1S/C12H8BrClN2O3S/c13-10-3-1-2-8(16-10)9(17)5-19-11(18)4-7-6-20-12(14)15-7/h1-3,6H,4-5H2. The number of hydrogen-bond donors (Lipinski definition) is 0. The highest BCUT2D eigenvalue weighted by Gasteiger charge is 2.13. The first-order valence-electron chi connectivity index (χ1n) is 5.46. The first-order valence-corrected chi connectivity index (χ1v) is 7.51. The number of pyridine rings is 1. The van der Waals surface area contributed by atoms with E-state index in [9.17, 15) is 9.59 Å². The van der Waals surface area contributed by atoms with Gasteiger partial charge in [0, 0.05) is 5.38 Å². The van der Waals surface area contributed by atoms with Crippen molar-refractivity contribution in [3.8, 4) is 0 Å². The van der Waals surface area contributed by atoms with Crippen molar-refractivity contribution < 1.29 is 14.3 Å². The van der Waals surface area contributed by atoms with Gasteiger partial charge in [-0.1, -0.05) is 17.7 Å². The predicted octanol–water partition coefficient (Wildman–Crippen LogP) is 2.92. The summed E-state index contributed by atoms with van der Waals surface area (Å²) in [4.78, 5) is 31.2. The molecule has 2 aromatic heterocycles. The molecule has 8 heteroatoms. The molecule has 0 spiro atoms. The van der Waals surface area contributed by atoms with E-state index in [0.717, 1.165) is 0 Å². The number of halogens is 2. The second kappa shape index (κ2) is 6.92. The van der Waals surface area contributed by atoms with Crippen molar-refractivity contribution in [1.29, 1.82) is 0 Å². The van der Waals surface area contributed by atoms with E-state index in [1.807, 2.05) is 0 Å². The molecule has 2 aromatic rings. The monoisotopic (exact) mass is 374 g/mol. The first kappa shape index (κ1) is 15.1. The van der Waals surface area contributed by atoms with E-state index in [1.165, 1.54) is 11.3 Å². The van der Waals surface area contributed by atoms with Gasteiger partial charge in [0.2, 0.25) is 5.78 Å². The van der Waals surface area contributed by atoms with Gasteiger partial charge in [0.1, 0.15) is 10.3 Å². The van der Waals surface area contributed by atoms with Gasteiger partial charge in [-0.25, -0.2) is 9.97 Å². The van der Waals surface area contributed by atoms with E-state index in [2.05, 4.69) is 25.9 Å². The molecule has 0 N–H and O–H groups in total. The van der Waals surface area contributed by atoms with Crippen LogP contribution in [0.2, 0.25) is 4.47 Å². The molecule has 0 aliphatic heterocycles. The van der Waals surface area contributed by atoms with Crippen LogP contribution >= 0.6 is 38.9 Å². The molecule has 2 rings (SSSR count). The zero-order chi connectivity index (χ0) is 14.5. The fourth-order valence-corrected chi connectivity index (χ4v) is 2.47. The second-order valence-electron chi connectivity index (χ2n) is 3.70. The molecule has 5 nitrogen and oxygen atoms in total. The highest BCUT2D eigenvalue weighted by atomic mass is 79.9. The summed E-state index contributed by atoms with van der Waals surface area (Å²) < 4.78 is 5.80. The van der Waals surface area contributed by atoms with Gasteiger partial charge >= 0.3 is 5.97 Å². The topological polar surface area (TPSA) is 69.2 Å². The summed E-state index contributed by atoms with van der Waals surface area (Å²) in [5, 5.41) is 1.67. The molecule has 0 bridgehead atoms. The molecule has 0 atom stereocenters. The highest BCUT2D eigenvalue weighted by Crippen LogP contribution is 2.15. The Morgan fingerprint density at radius 2 is 2.15 bits per heavy atom. The van der Waals surface area contributed by atoms with Crippen LogP contribution in [-0.4, -0.2) is 28.3 Å². The molecule has 104 valence electrons. The number of nitrogens with zero attached hydrogens (tertiary/aromatic N) is 2. The second-order valence-corrected chi connectivity index (χ2v) is 5.95. The zero-order valence-corrected chi connectivity index (χ0v) is 13.2. The number of ether oxygens (including phenoxy) is 1. The van der Waals surface area contributed by atoms with Crippen molar-refractivity contribution in [3.63, 3.8) is 0 Å². The summed E-state index contributed by atoms with van der Waals surface area (Å²) in [5.41, 5.74) is 0.766. The van der Waals surface area contributed by atoms with Crippen molar-refractivity contribution in [2.45, 2.75) is 6.42 Å². The molecule has 0 aromatic carbocycles. The van der Waals surface area contributed by atoms with Crippen molar-refractivity contribution >= 4 is 50.6 Å². The Bertz CT molecular complexity index is 647. The molecule has 0 saturated carbocycles. The molecule has 0 saturated heterocycles. The first-order chi connectivity index (χ1) is 9.54. The van der Waals surface area contributed by atoms with Crippen LogP contribution in [0.3, 0.4) is 0 Å². The van der Waals surface area contributed by atoms with Gasteiger partial charge < -0.3 is 4.74 Å². The maximum Gasteiger partial charge on any atom is 0.312 e. The van der Waals surface area contributed by atoms with Gasteiger partial charge in [0.25, 0.3) is 0 Å². The molecule has 2 heterocycles. The minimum atomic E-state index is -0.532. The third-order valence-electron chi connectivity index (χ3n) is 2.21. The zero-order valence-electron chi connectivity index (χ0n) is 10.0. The summed E-state index contributed by atoms with van der Waals surface area (Å²) >= 11 is 10.1. The quantitative estimate of drug-likeness (QED) is 0.456. The Morgan fingerprint density at radius 1 is 1.35 bits per heavy atom. The van der Waals surface area contributed by atoms with Gasteiger partial charge in [-0.2, -0.15) is 0 Å². The molecule has 0 aliphatic carbocycles. The van der Waals surface area contributed by atoms with Crippen molar-refractivity contribution in [2.75, 3.05) is 6.61 Å². The Kier molecular flexibility index (Phi) is 5.22. The fourth-order valence-electron chi connectivity index (χ4n) is 1.35. The predicted molar refractivity (Wildman–Crippen MR) is 78.1 cm³/mol. The summed E-state index contributed by atoms with van der Waals surface area (Å²) in [6.07, 6.45) is -0.0115. The van der Waals surface area contributed by atoms with Crippen LogP contribution in [0.1, 0.15) is 16.2 Å². The lowest BCUT2D eigenvalue weighted by molar-refractivity contribution is -0.141. The maximum atomic E-state index is 11.8. The molecule has 0 unspecified atom stereocenters. The third kappa shape index (κ3) is 4.36. The molecule has 0 aliphatic rings. The number of carbonyl (C=O) groups excluding carboxylic acids is 2. The largest absolute Gasteiger partial charge is 0.457 e. The van der Waals surface area contributed by atoms with Crippen LogP contribution in [0.25, 0.3) is 0 Å². The summed E-state index contributed by atoms with van der Waals surface area (Å²) in [7, 11) is 0. The number of esters is 1. The number of rotatable bonds is 5. The van der Waals surface area contributed by atoms with Crippen LogP contribution in [0, 0.1) is 0 Å². The lowest BCUT2D eigenvalue weighted by atomic mass is 10.2. The molecule has 0 amide bonds. The van der Waals surface area contributed by atoms with Gasteiger partial charge in [0.05, 0.1) is 12.1 Å². The average Bonchev–Trinajstić information content (AvgIpc) is 2.81. The van der Waals surface area contributed by atoms with Crippen LogP contribution in [-0.2, 0) is 16.0 Å². The van der Waals surface area contributed by atoms with E-state index in [-0.39, 0.29) is 24.5 Å². The number of carbonyl (C=O) groups is 2. The van der Waals surface area contributed by atoms with E-state index < -0.39 is 5.97 Å². The highest BCUT2D eigenvalue weighted by molar-refractivity contribution is 9.10. The van der Waals surface area contributed by atoms with Gasteiger partial charge in [-0.3, -0.25) is 9.59 Å². The Morgan fingerprint density at radius 3 is 2.80 bits per heavy atom. The van der Waals surface area contributed by atoms with E-state index in [0.29, 0.717) is 14.8 Å². The van der Waals surface area contributed by atoms with Crippen LogP contribution in [0.4, 0.5) is 0 Å². The van der Waals surface area contributed by atoms with Gasteiger partial charge in [-0.15, -0.1) is 11.3 Å². The summed E-state index contributed by atoms with van der Waals surface area (Å²) in [5.74, 6) is -0.897. The van der Waals surface area contributed by atoms with Gasteiger partial charge in [0.15, 0.2) is 11.1 Å². The Labute approximate surface area is 132 Å². The number of aromatic nitrogens is 2. The normalized spacial score (nSPS) is 10.3. The molecular formula is C12H8BrClN2O3S. The lowest BCUT2D eigenvalue weighted by Crippen LogP contribution is -2.16. The maximum absolute atomic E-state index is 11.8. The van der Waals surface area contributed by atoms with E-state index >= 15 is 0 Å². The minimum absolute atomic E-state index is 0.0115. The SMILES string of the molecule is O=C(Cc1csc(Cl)n1)OCC(=O)c1cccc(Br)n1. The number of ketones is 1. The molecule has 20 heavy (non-hydrogen) atoms. The van der Waals surface area contributed by atoms with Crippen molar-refractivity contribution in [2.24, 2.45) is 0 Å². The summed E-state index contributed by atoms with van der Waals surface area (Å²) in [6, 6.07) is 4.94. The molecular weight excluding hydrogens is 368 g/mol. The van der Waals surface area contributed by atoms with Crippen LogP contribution in [0.5, 0.6) is 0 Å². The smallest absolute Gasteiger partial charge is 0.312 e. The molecule has 0 radical (unpaired) electrons. The summed E-state index contributed by atoms with van der Waals surface area (Å²) in [6.45, 7) is -0.347. The fraction of sp³-hybridized carbons (Fsp3) is 0.167. The Balaban J connectivity index is 1.85. The Hall–Kier alpha value is -1.31.